The van der Waals surface area contributed by atoms with Gasteiger partial charge in [-0.15, -0.1) is 0 Å². The molecule has 344 valence electrons. The highest BCUT2D eigenvalue weighted by molar-refractivity contribution is 5.76. The summed E-state index contributed by atoms with van der Waals surface area (Å²) >= 11 is 0. The summed E-state index contributed by atoms with van der Waals surface area (Å²) < 4.78 is 11.2. The average Bonchev–Trinajstić information content (AvgIpc) is 3.22. The van der Waals surface area contributed by atoms with Crippen molar-refractivity contribution in [1.82, 2.24) is 5.32 Å². The molecule has 1 heterocycles. The highest BCUT2D eigenvalue weighted by Crippen LogP contribution is 2.23. The number of allylic oxidation sites excluding steroid dienone is 1. The largest absolute Gasteiger partial charge is 0.394 e. The van der Waals surface area contributed by atoms with E-state index < -0.39 is 49.5 Å². The number of ether oxygens (including phenoxy) is 2. The fraction of sp³-hybridized carbons (Fsp3) is 0.939. The Hall–Kier alpha value is -1.07. The van der Waals surface area contributed by atoms with E-state index in [1.807, 2.05) is 6.08 Å². The molecule has 6 N–H and O–H groups in total. The van der Waals surface area contributed by atoms with Crippen molar-refractivity contribution in [3.63, 3.8) is 0 Å². The minimum absolute atomic E-state index is 0.173. The molecule has 0 saturated carbocycles. The van der Waals surface area contributed by atoms with E-state index in [1.54, 1.807) is 6.08 Å². The van der Waals surface area contributed by atoms with Crippen LogP contribution in [-0.2, 0) is 14.3 Å². The monoisotopic (exact) mass is 826 g/mol. The second kappa shape index (κ2) is 40.0. The zero-order chi connectivity index (χ0) is 42.3. The molecule has 9 heteroatoms. The summed E-state index contributed by atoms with van der Waals surface area (Å²) in [4.78, 5) is 13.0. The molecule has 0 aromatic rings. The van der Waals surface area contributed by atoms with Crippen LogP contribution in [0.25, 0.3) is 0 Å². The molecule has 1 saturated heterocycles. The van der Waals surface area contributed by atoms with Crippen LogP contribution in [0.3, 0.4) is 0 Å². The molecule has 0 spiro atoms. The topological polar surface area (TPSA) is 149 Å². The van der Waals surface area contributed by atoms with Gasteiger partial charge in [0.05, 0.1) is 25.4 Å². The van der Waals surface area contributed by atoms with Crippen molar-refractivity contribution in [1.29, 1.82) is 0 Å². The van der Waals surface area contributed by atoms with Crippen molar-refractivity contribution in [3.8, 4) is 0 Å². The van der Waals surface area contributed by atoms with Gasteiger partial charge in [-0.3, -0.25) is 4.79 Å². The predicted molar refractivity (Wildman–Crippen MR) is 240 cm³/mol. The third-order valence-electron chi connectivity index (χ3n) is 12.1. The molecule has 0 aliphatic carbocycles. The van der Waals surface area contributed by atoms with Crippen molar-refractivity contribution in [2.75, 3.05) is 13.2 Å². The van der Waals surface area contributed by atoms with Crippen LogP contribution in [0.2, 0.25) is 0 Å². The molecule has 1 aliphatic rings. The zero-order valence-corrected chi connectivity index (χ0v) is 37.8. The maximum atomic E-state index is 13.0. The van der Waals surface area contributed by atoms with Crippen LogP contribution >= 0.6 is 0 Å². The minimum atomic E-state index is -1.56. The molecule has 0 bridgehead atoms. The highest BCUT2D eigenvalue weighted by Gasteiger charge is 2.44. The molecule has 1 aliphatic heterocycles. The molecule has 0 aromatic carbocycles. The van der Waals surface area contributed by atoms with Gasteiger partial charge in [-0.25, -0.2) is 0 Å². The van der Waals surface area contributed by atoms with Gasteiger partial charge < -0.3 is 40.3 Å². The Morgan fingerprint density at radius 1 is 0.569 bits per heavy atom. The van der Waals surface area contributed by atoms with E-state index in [1.165, 1.54) is 180 Å². The van der Waals surface area contributed by atoms with Gasteiger partial charge in [0.1, 0.15) is 24.4 Å². The number of hydrogen-bond acceptors (Lipinski definition) is 8. The van der Waals surface area contributed by atoms with Gasteiger partial charge in [-0.1, -0.05) is 225 Å². The Morgan fingerprint density at radius 3 is 1.34 bits per heavy atom. The highest BCUT2D eigenvalue weighted by atomic mass is 16.7. The van der Waals surface area contributed by atoms with E-state index in [9.17, 15) is 30.3 Å². The van der Waals surface area contributed by atoms with Gasteiger partial charge in [0.25, 0.3) is 0 Å². The molecule has 58 heavy (non-hydrogen) atoms. The second-order valence-electron chi connectivity index (χ2n) is 17.6. The molecule has 9 nitrogen and oxygen atoms in total. The third kappa shape index (κ3) is 30.0. The Balaban J connectivity index is 2.23. The Bertz CT molecular complexity index is 919. The van der Waals surface area contributed by atoms with Gasteiger partial charge in [-0.2, -0.15) is 0 Å². The molecule has 0 aromatic heterocycles. The number of nitrogens with one attached hydrogen (secondary N) is 1. The minimum Gasteiger partial charge on any atom is -0.394 e. The van der Waals surface area contributed by atoms with E-state index in [0.29, 0.717) is 6.42 Å². The van der Waals surface area contributed by atoms with Crippen LogP contribution in [0.4, 0.5) is 0 Å². The Morgan fingerprint density at radius 2 is 0.948 bits per heavy atom. The third-order valence-corrected chi connectivity index (χ3v) is 12.1. The molecule has 1 amide bonds. The maximum Gasteiger partial charge on any atom is 0.220 e. The number of carbonyl (C=O) groups is 1. The normalized spacial score (nSPS) is 20.8. The number of rotatable bonds is 42. The number of amides is 1. The number of unbranched alkanes of at least 4 members (excludes halogenated alkanes) is 32. The van der Waals surface area contributed by atoms with Crippen LogP contribution in [0, 0.1) is 0 Å². The summed E-state index contributed by atoms with van der Waals surface area (Å²) in [5, 5.41) is 54.2. The first kappa shape index (κ1) is 54.9. The van der Waals surface area contributed by atoms with Crippen LogP contribution in [0.1, 0.15) is 239 Å². The average molecular weight is 826 g/mol. The van der Waals surface area contributed by atoms with Crippen molar-refractivity contribution < 1.29 is 39.8 Å². The van der Waals surface area contributed by atoms with Crippen molar-refractivity contribution in [2.45, 2.75) is 281 Å². The maximum absolute atomic E-state index is 13.0. The smallest absolute Gasteiger partial charge is 0.220 e. The molecule has 1 rings (SSSR count). The lowest BCUT2D eigenvalue weighted by atomic mass is 9.99. The summed E-state index contributed by atoms with van der Waals surface area (Å²) in [5.74, 6) is -0.173. The van der Waals surface area contributed by atoms with Crippen LogP contribution in [0.5, 0.6) is 0 Å². The van der Waals surface area contributed by atoms with Crippen LogP contribution in [0.15, 0.2) is 12.2 Å². The quantitative estimate of drug-likeness (QED) is 0.0263. The first-order valence-electron chi connectivity index (χ1n) is 24.9. The lowest BCUT2D eigenvalue weighted by molar-refractivity contribution is -0.302. The standard InChI is InChI=1S/C49H95NO8/c1-3-5-7-9-11-13-15-17-18-19-20-21-22-23-24-25-26-27-29-31-33-35-37-39-45(53)50-42(41-57-49-48(56)47(55)46(54)44(40-51)58-49)43(52)38-36-34-32-30-28-16-14-12-10-8-6-4-2/h36,38,42-44,46-49,51-52,54-56H,3-35,37,39-41H2,1-2H3,(H,50,53)/b38-36+/t42-,43+,44+,46+,47?,48?,49+/m0/s1. The number of aliphatic hydroxyl groups excluding tert-OH is 5. The lowest BCUT2D eigenvalue weighted by Crippen LogP contribution is -2.60. The van der Waals surface area contributed by atoms with Crippen molar-refractivity contribution >= 4 is 5.91 Å². The van der Waals surface area contributed by atoms with Gasteiger partial charge in [-0.05, 0) is 19.3 Å². The molecular weight excluding hydrogens is 731 g/mol. The zero-order valence-electron chi connectivity index (χ0n) is 37.8. The second-order valence-corrected chi connectivity index (χ2v) is 17.6. The Kier molecular flexibility index (Phi) is 37.9. The van der Waals surface area contributed by atoms with Gasteiger partial charge >= 0.3 is 0 Å². The fourth-order valence-corrected chi connectivity index (χ4v) is 8.10. The summed E-state index contributed by atoms with van der Waals surface area (Å²) in [7, 11) is 0. The molecular formula is C49H95NO8. The molecule has 2 unspecified atom stereocenters. The van der Waals surface area contributed by atoms with Gasteiger partial charge in [0, 0.05) is 6.42 Å². The number of carbonyl (C=O) groups excluding carboxylic acids is 1. The van der Waals surface area contributed by atoms with Crippen LogP contribution in [-0.4, -0.2) is 87.5 Å². The van der Waals surface area contributed by atoms with E-state index in [4.69, 9.17) is 9.47 Å². The van der Waals surface area contributed by atoms with E-state index in [0.717, 1.165) is 38.5 Å². The number of hydrogen-bond donors (Lipinski definition) is 6. The number of aliphatic hydroxyl groups is 5. The van der Waals surface area contributed by atoms with Crippen molar-refractivity contribution in [2.24, 2.45) is 0 Å². The van der Waals surface area contributed by atoms with E-state index in [-0.39, 0.29) is 12.5 Å². The van der Waals surface area contributed by atoms with Gasteiger partial charge in [0.15, 0.2) is 6.29 Å². The van der Waals surface area contributed by atoms with E-state index >= 15 is 0 Å². The predicted octanol–water partition coefficient (Wildman–Crippen LogP) is 10.9. The van der Waals surface area contributed by atoms with Crippen LogP contribution < -0.4 is 5.32 Å². The van der Waals surface area contributed by atoms with E-state index in [2.05, 4.69) is 19.2 Å². The summed E-state index contributed by atoms with van der Waals surface area (Å²) in [6.07, 6.45) is 39.8. The molecule has 0 radical (unpaired) electrons. The summed E-state index contributed by atoms with van der Waals surface area (Å²) in [6.45, 7) is 3.78. The van der Waals surface area contributed by atoms with Crippen molar-refractivity contribution in [3.05, 3.63) is 12.2 Å². The first-order chi connectivity index (χ1) is 28.3. The fourth-order valence-electron chi connectivity index (χ4n) is 8.10. The summed E-state index contributed by atoms with van der Waals surface area (Å²) in [6, 6.07) is -0.798. The first-order valence-corrected chi connectivity index (χ1v) is 24.9. The van der Waals surface area contributed by atoms with Gasteiger partial charge in [0.2, 0.25) is 5.91 Å². The lowest BCUT2D eigenvalue weighted by Gasteiger charge is -2.40. The SMILES string of the molecule is CCCCCCCCCCCC/C=C/[C@@H](O)[C@H](CO[C@@H]1O[C@H](CO)[C@@H](O)C(O)C1O)NC(=O)CCCCCCCCCCCCCCCCCCCCCCCCC. The summed E-state index contributed by atoms with van der Waals surface area (Å²) in [5.41, 5.74) is 0. The molecule has 7 atom stereocenters. The molecule has 1 fully saturated rings. The Labute approximate surface area is 356 Å².